The van der Waals surface area contributed by atoms with Crippen LogP contribution in [0.3, 0.4) is 0 Å². The molecule has 0 amide bonds. The largest absolute Gasteiger partial charge is 0.355 e. The Kier molecular flexibility index (Phi) is 8.00. The monoisotopic (exact) mass is 756 g/mol. The zero-order valence-electron chi connectivity index (χ0n) is 34.1. The Labute approximate surface area is 348 Å². The summed E-state index contributed by atoms with van der Waals surface area (Å²) in [6.07, 6.45) is 0. The van der Waals surface area contributed by atoms with E-state index in [1.54, 1.807) is 0 Å². The van der Waals surface area contributed by atoms with Gasteiger partial charge in [0.15, 0.2) is 7.28 Å². The summed E-state index contributed by atoms with van der Waals surface area (Å²) in [5, 5.41) is 9.22. The van der Waals surface area contributed by atoms with Gasteiger partial charge in [0.1, 0.15) is 0 Å². The minimum absolute atomic E-state index is 0.193. The molecule has 9 aromatic rings. The zero-order valence-corrected chi connectivity index (χ0v) is 34.1. The predicted octanol–water partition coefficient (Wildman–Crippen LogP) is 13.2. The van der Waals surface area contributed by atoms with Gasteiger partial charge < -0.3 is 10.2 Å². The van der Waals surface area contributed by atoms with Gasteiger partial charge in [-0.3, -0.25) is 0 Å². The Morgan fingerprint density at radius 1 is 0.424 bits per heavy atom. The second kappa shape index (κ2) is 13.4. The maximum atomic E-state index is 3.98. The van der Waals surface area contributed by atoms with Crippen molar-refractivity contribution in [3.8, 4) is 22.3 Å². The molecule has 2 nitrogen and oxygen atoms in total. The first-order chi connectivity index (χ1) is 28.8. The number of hydrogen-bond acceptors (Lipinski definition) is 2. The van der Waals surface area contributed by atoms with E-state index in [2.05, 4.69) is 226 Å². The van der Waals surface area contributed by atoms with E-state index in [1.165, 1.54) is 77.0 Å². The molecule has 1 aliphatic heterocycles. The van der Waals surface area contributed by atoms with Crippen LogP contribution in [0.4, 0.5) is 28.4 Å². The summed E-state index contributed by atoms with van der Waals surface area (Å²) in [4.78, 5) is 2.43. The van der Waals surface area contributed by atoms with Crippen LogP contribution >= 0.6 is 0 Å². The maximum absolute atomic E-state index is 3.98. The number of fused-ring (bicyclic) bond motifs is 6. The Balaban J connectivity index is 1.26. The lowest BCUT2D eigenvalue weighted by molar-refractivity contribution is 0.521. The molecule has 0 saturated carbocycles. The molecule has 1 N–H and O–H groups in total. The van der Waals surface area contributed by atoms with Gasteiger partial charge in [-0.1, -0.05) is 160 Å². The Hall–Kier alpha value is -6.84. The van der Waals surface area contributed by atoms with Crippen LogP contribution in [0.5, 0.6) is 0 Å². The first-order valence-electron chi connectivity index (χ1n) is 20.9. The summed E-state index contributed by atoms with van der Waals surface area (Å²) >= 11 is 0. The SMILES string of the molecule is CC1(C)c2ccccc2C(C)(C)c2cc(-c3cc(N(c4ccccc4)c4ccccc4)cc4c3Bc3cccc5c3c-4cc3ccccc35)c(Nc3ccccc3)cc21. The molecule has 0 bridgehead atoms. The third-order valence-corrected chi connectivity index (χ3v) is 13.3. The third kappa shape index (κ3) is 5.56. The lowest BCUT2D eigenvalue weighted by Crippen LogP contribution is -2.37. The molecule has 0 aromatic heterocycles. The van der Waals surface area contributed by atoms with E-state index in [4.69, 9.17) is 0 Å². The summed E-state index contributed by atoms with van der Waals surface area (Å²) in [6, 6.07) is 69.6. The molecule has 1 aliphatic carbocycles. The van der Waals surface area contributed by atoms with Crippen LogP contribution in [0, 0.1) is 0 Å². The average molecular weight is 757 g/mol. The number of rotatable bonds is 6. The summed E-state index contributed by atoms with van der Waals surface area (Å²) in [5.74, 6) is 0. The van der Waals surface area contributed by atoms with Crippen molar-refractivity contribution in [1.29, 1.82) is 0 Å². The van der Waals surface area contributed by atoms with Gasteiger partial charge in [-0.2, -0.15) is 0 Å². The highest BCUT2D eigenvalue weighted by Gasteiger charge is 2.42. The van der Waals surface area contributed by atoms with Crippen molar-refractivity contribution in [2.75, 3.05) is 10.2 Å². The highest BCUT2D eigenvalue weighted by molar-refractivity contribution is 6.74. The van der Waals surface area contributed by atoms with E-state index in [9.17, 15) is 0 Å². The highest BCUT2D eigenvalue weighted by atomic mass is 15.1. The summed E-state index contributed by atoms with van der Waals surface area (Å²) < 4.78 is 0. The van der Waals surface area contributed by atoms with E-state index in [0.29, 0.717) is 0 Å². The summed E-state index contributed by atoms with van der Waals surface area (Å²) in [7, 11) is 0.837. The summed E-state index contributed by atoms with van der Waals surface area (Å²) in [6.45, 7) is 9.62. The van der Waals surface area contributed by atoms with Crippen LogP contribution in [-0.2, 0) is 10.8 Å². The van der Waals surface area contributed by atoms with E-state index in [0.717, 1.165) is 35.7 Å². The van der Waals surface area contributed by atoms with Crippen molar-refractivity contribution in [3.63, 3.8) is 0 Å². The smallest absolute Gasteiger partial charge is 0.194 e. The van der Waals surface area contributed by atoms with Crippen LogP contribution in [0.15, 0.2) is 188 Å². The van der Waals surface area contributed by atoms with Crippen LogP contribution in [0.1, 0.15) is 49.9 Å². The zero-order chi connectivity index (χ0) is 39.9. The molecule has 1 heterocycles. The number of nitrogens with zero attached hydrogens (tertiary/aromatic N) is 1. The van der Waals surface area contributed by atoms with Crippen molar-refractivity contribution in [2.45, 2.75) is 38.5 Å². The Bertz CT molecular complexity index is 3050. The van der Waals surface area contributed by atoms with Crippen LogP contribution in [-0.4, -0.2) is 7.28 Å². The van der Waals surface area contributed by atoms with Crippen molar-refractivity contribution >= 4 is 68.2 Å². The van der Waals surface area contributed by atoms with E-state index in [-0.39, 0.29) is 10.8 Å². The fraction of sp³-hybridized carbons (Fsp3) is 0.107. The van der Waals surface area contributed by atoms with Crippen molar-refractivity contribution in [1.82, 2.24) is 0 Å². The second-order valence-corrected chi connectivity index (χ2v) is 17.4. The molecule has 0 fully saturated rings. The minimum atomic E-state index is -0.212. The highest BCUT2D eigenvalue weighted by Crippen LogP contribution is 2.53. The molecular weight excluding hydrogens is 711 g/mol. The van der Waals surface area contributed by atoms with Crippen molar-refractivity contribution in [3.05, 3.63) is 210 Å². The van der Waals surface area contributed by atoms with E-state index in [1.807, 2.05) is 0 Å². The van der Waals surface area contributed by atoms with Gasteiger partial charge in [0.25, 0.3) is 0 Å². The average Bonchev–Trinajstić information content (AvgIpc) is 3.27. The lowest BCUT2D eigenvalue weighted by atomic mass is 9.54. The first kappa shape index (κ1) is 35.3. The Morgan fingerprint density at radius 3 is 1.63 bits per heavy atom. The fourth-order valence-corrected chi connectivity index (χ4v) is 10.3. The van der Waals surface area contributed by atoms with Crippen LogP contribution in [0.2, 0.25) is 0 Å². The molecule has 0 spiro atoms. The van der Waals surface area contributed by atoms with E-state index >= 15 is 0 Å². The lowest BCUT2D eigenvalue weighted by Gasteiger charge is -2.44. The molecule has 2 aliphatic rings. The topological polar surface area (TPSA) is 15.3 Å². The standard InChI is InChI=1S/C56H45BN2/c1-55(2)47-28-16-17-29-48(47)56(3,4)50-35-52(58-37-20-8-5-9-21-37)43(34-49(50)55)45-32-40(59(38-22-10-6-11-23-38)39-24-12-7-13-25-39)33-46-44-31-36-19-14-15-26-41(36)42-27-18-30-51(53(42)44)57-54(45)46/h5-35,57-58H,1-4H3. The molecule has 11 rings (SSSR count). The molecule has 3 heteroatoms. The number of para-hydroxylation sites is 3. The molecule has 0 atom stereocenters. The third-order valence-electron chi connectivity index (χ3n) is 13.3. The second-order valence-electron chi connectivity index (χ2n) is 17.4. The van der Waals surface area contributed by atoms with Gasteiger partial charge in [0.05, 0.1) is 0 Å². The van der Waals surface area contributed by atoms with Gasteiger partial charge in [-0.15, -0.1) is 0 Å². The fourth-order valence-electron chi connectivity index (χ4n) is 10.3. The van der Waals surface area contributed by atoms with Gasteiger partial charge >= 0.3 is 0 Å². The Morgan fingerprint density at radius 2 is 0.966 bits per heavy atom. The van der Waals surface area contributed by atoms with Crippen molar-refractivity contribution in [2.24, 2.45) is 0 Å². The number of hydrogen-bond donors (Lipinski definition) is 1. The van der Waals surface area contributed by atoms with Crippen molar-refractivity contribution < 1.29 is 0 Å². The van der Waals surface area contributed by atoms with E-state index < -0.39 is 0 Å². The van der Waals surface area contributed by atoms with Gasteiger partial charge in [0, 0.05) is 44.8 Å². The number of anilines is 5. The van der Waals surface area contributed by atoms with Gasteiger partial charge in [-0.25, -0.2) is 0 Å². The molecule has 0 radical (unpaired) electrons. The minimum Gasteiger partial charge on any atom is -0.355 e. The normalized spacial score (nSPS) is 14.2. The molecule has 0 saturated heterocycles. The van der Waals surface area contributed by atoms with Gasteiger partial charge in [0.2, 0.25) is 0 Å². The summed E-state index contributed by atoms with van der Waals surface area (Å²) in [5.41, 5.74) is 18.5. The number of benzene rings is 9. The molecule has 59 heavy (non-hydrogen) atoms. The first-order valence-corrected chi connectivity index (χ1v) is 20.9. The molecule has 9 aromatic carbocycles. The molecular formula is C56H45BN2. The quantitative estimate of drug-likeness (QED) is 0.134. The predicted molar refractivity (Wildman–Crippen MR) is 254 cm³/mol. The van der Waals surface area contributed by atoms with Gasteiger partial charge in [-0.05, 0) is 127 Å². The maximum Gasteiger partial charge on any atom is 0.194 e. The molecule has 0 unspecified atom stereocenters. The number of nitrogens with one attached hydrogen (secondary N) is 1. The van der Waals surface area contributed by atoms with Crippen LogP contribution in [0.25, 0.3) is 43.8 Å². The molecule has 282 valence electrons. The van der Waals surface area contributed by atoms with Crippen LogP contribution < -0.4 is 21.1 Å².